The molecule has 1 saturated heterocycles. The summed E-state index contributed by atoms with van der Waals surface area (Å²) in [5.74, 6) is -0.376. The van der Waals surface area contributed by atoms with Crippen molar-refractivity contribution in [2.24, 2.45) is 0 Å². The second-order valence-corrected chi connectivity index (χ2v) is 4.62. The Morgan fingerprint density at radius 3 is 3.00 bits per heavy atom. The van der Waals surface area contributed by atoms with E-state index in [1.54, 1.807) is 12.1 Å². The number of ether oxygens (including phenoxy) is 1. The van der Waals surface area contributed by atoms with Crippen LogP contribution in [-0.2, 0) is 4.74 Å². The summed E-state index contributed by atoms with van der Waals surface area (Å²) in [6, 6.07) is 4.68. The van der Waals surface area contributed by atoms with Crippen molar-refractivity contribution in [2.75, 3.05) is 19.7 Å². The summed E-state index contributed by atoms with van der Waals surface area (Å²) < 4.78 is 19.2. The Bertz CT molecular complexity index is 441. The zero-order valence-corrected chi connectivity index (χ0v) is 10.5. The first-order valence-electron chi connectivity index (χ1n) is 5.12. The van der Waals surface area contributed by atoms with Crippen LogP contribution in [0.2, 0.25) is 0 Å². The lowest BCUT2D eigenvalue weighted by molar-refractivity contribution is -0.0233. The van der Waals surface area contributed by atoms with E-state index in [4.69, 9.17) is 9.84 Å². The topological polar surface area (TPSA) is 49.8 Å². The number of carboxylic acid groups (broad SMARTS) is 1. The fourth-order valence-electron chi connectivity index (χ4n) is 1.74. The monoisotopic (exact) mass is 303 g/mol. The van der Waals surface area contributed by atoms with E-state index in [1.807, 2.05) is 0 Å². The molecular formula is C11H11BrFNO3. The van der Waals surface area contributed by atoms with Crippen molar-refractivity contribution < 1.29 is 19.0 Å². The Balaban J connectivity index is 2.16. The van der Waals surface area contributed by atoms with Gasteiger partial charge in [0.2, 0.25) is 0 Å². The normalized spacial score (nSPS) is 20.4. The van der Waals surface area contributed by atoms with Gasteiger partial charge in [-0.05, 0) is 33.6 Å². The molecule has 1 N–H and O–H groups in total. The number of carbonyl (C=O) groups is 1. The molecule has 1 aliphatic heterocycles. The molecule has 4 nitrogen and oxygen atoms in total. The van der Waals surface area contributed by atoms with E-state index < -0.39 is 12.2 Å². The van der Waals surface area contributed by atoms with Crippen LogP contribution in [0.25, 0.3) is 0 Å². The molecular weight excluding hydrogens is 293 g/mol. The molecule has 1 aromatic rings. The summed E-state index contributed by atoms with van der Waals surface area (Å²) >= 11 is 3.07. The second-order valence-electron chi connectivity index (χ2n) is 3.76. The van der Waals surface area contributed by atoms with Gasteiger partial charge in [0, 0.05) is 6.54 Å². The Morgan fingerprint density at radius 2 is 2.35 bits per heavy atom. The Kier molecular flexibility index (Phi) is 3.63. The molecule has 17 heavy (non-hydrogen) atoms. The van der Waals surface area contributed by atoms with E-state index >= 15 is 0 Å². The number of halogens is 2. The first-order valence-corrected chi connectivity index (χ1v) is 5.91. The minimum absolute atomic E-state index is 0.233. The molecule has 1 amide bonds. The third kappa shape index (κ3) is 2.76. The van der Waals surface area contributed by atoms with Crippen molar-refractivity contribution in [3.05, 3.63) is 34.1 Å². The standard InChI is InChI=1S/C11H11BrFNO3/c12-8-2-1-7(5-9(8)13)10-6-14(11(15)16)3-4-17-10/h1-2,5,10H,3-4,6H2,(H,15,16)/t10-/m1/s1. The van der Waals surface area contributed by atoms with Gasteiger partial charge in [0.05, 0.1) is 17.6 Å². The fourth-order valence-corrected chi connectivity index (χ4v) is 1.98. The molecule has 0 radical (unpaired) electrons. The van der Waals surface area contributed by atoms with Gasteiger partial charge in [-0.15, -0.1) is 0 Å². The van der Waals surface area contributed by atoms with Gasteiger partial charge >= 0.3 is 6.09 Å². The predicted octanol–water partition coefficient (Wildman–Crippen LogP) is 2.64. The van der Waals surface area contributed by atoms with Gasteiger partial charge in [-0.2, -0.15) is 0 Å². The summed E-state index contributed by atoms with van der Waals surface area (Å²) in [5, 5.41) is 8.89. The minimum atomic E-state index is -0.976. The van der Waals surface area contributed by atoms with Crippen LogP contribution in [0.3, 0.4) is 0 Å². The van der Waals surface area contributed by atoms with Crippen LogP contribution in [0.5, 0.6) is 0 Å². The summed E-state index contributed by atoms with van der Waals surface area (Å²) in [7, 11) is 0. The average molecular weight is 304 g/mol. The van der Waals surface area contributed by atoms with Crippen LogP contribution < -0.4 is 0 Å². The molecule has 0 unspecified atom stereocenters. The first kappa shape index (κ1) is 12.3. The number of morpholine rings is 1. The van der Waals surface area contributed by atoms with Crippen LogP contribution in [0, 0.1) is 5.82 Å². The fraction of sp³-hybridized carbons (Fsp3) is 0.364. The van der Waals surface area contributed by atoms with Gasteiger partial charge in [-0.3, -0.25) is 0 Å². The summed E-state index contributed by atoms with van der Waals surface area (Å²) in [6.07, 6.45) is -1.38. The molecule has 0 bridgehead atoms. The summed E-state index contributed by atoms with van der Waals surface area (Å²) in [6.45, 7) is 0.913. The predicted molar refractivity (Wildman–Crippen MR) is 62.4 cm³/mol. The van der Waals surface area contributed by atoms with Crippen molar-refractivity contribution >= 4 is 22.0 Å². The Labute approximate surface area is 106 Å². The SMILES string of the molecule is O=C(O)N1CCO[C@@H](c2ccc(Br)c(F)c2)C1. The molecule has 1 heterocycles. The second kappa shape index (κ2) is 5.01. The molecule has 92 valence electrons. The van der Waals surface area contributed by atoms with Crippen molar-refractivity contribution in [2.45, 2.75) is 6.10 Å². The highest BCUT2D eigenvalue weighted by Gasteiger charge is 2.25. The number of hydrogen-bond acceptors (Lipinski definition) is 2. The van der Waals surface area contributed by atoms with Gasteiger partial charge in [0.15, 0.2) is 0 Å². The molecule has 1 fully saturated rings. The zero-order valence-electron chi connectivity index (χ0n) is 8.90. The quantitative estimate of drug-likeness (QED) is 0.867. The molecule has 2 rings (SSSR count). The van der Waals surface area contributed by atoms with Crippen LogP contribution in [0.1, 0.15) is 11.7 Å². The van der Waals surface area contributed by atoms with Gasteiger partial charge < -0.3 is 14.7 Å². The Morgan fingerprint density at radius 1 is 1.59 bits per heavy atom. The van der Waals surface area contributed by atoms with Crippen molar-refractivity contribution in [3.63, 3.8) is 0 Å². The highest BCUT2D eigenvalue weighted by molar-refractivity contribution is 9.10. The van der Waals surface area contributed by atoms with Crippen LogP contribution in [0.4, 0.5) is 9.18 Å². The number of hydrogen-bond donors (Lipinski definition) is 1. The van der Waals surface area contributed by atoms with E-state index in [-0.39, 0.29) is 12.4 Å². The van der Waals surface area contributed by atoms with Crippen LogP contribution >= 0.6 is 15.9 Å². The first-order chi connectivity index (χ1) is 8.08. The molecule has 0 aliphatic carbocycles. The molecule has 1 aliphatic rings. The van der Waals surface area contributed by atoms with E-state index in [1.165, 1.54) is 11.0 Å². The number of benzene rings is 1. The lowest BCUT2D eigenvalue weighted by atomic mass is 10.1. The van der Waals surface area contributed by atoms with Gasteiger partial charge in [-0.1, -0.05) is 6.07 Å². The van der Waals surface area contributed by atoms with Crippen molar-refractivity contribution in [3.8, 4) is 0 Å². The summed E-state index contributed by atoms with van der Waals surface area (Å²) in [5.41, 5.74) is 0.650. The van der Waals surface area contributed by atoms with E-state index in [0.717, 1.165) is 0 Å². The highest BCUT2D eigenvalue weighted by Crippen LogP contribution is 2.25. The lowest BCUT2D eigenvalue weighted by Gasteiger charge is -2.31. The number of nitrogens with zero attached hydrogens (tertiary/aromatic N) is 1. The third-order valence-electron chi connectivity index (χ3n) is 2.65. The van der Waals surface area contributed by atoms with Crippen molar-refractivity contribution in [1.82, 2.24) is 4.90 Å². The molecule has 0 aromatic heterocycles. The Hall–Kier alpha value is -1.14. The third-order valence-corrected chi connectivity index (χ3v) is 3.30. The molecule has 0 saturated carbocycles. The van der Waals surface area contributed by atoms with Crippen LogP contribution in [0.15, 0.2) is 22.7 Å². The van der Waals surface area contributed by atoms with E-state index in [9.17, 15) is 9.18 Å². The van der Waals surface area contributed by atoms with E-state index in [2.05, 4.69) is 15.9 Å². The maximum absolute atomic E-state index is 13.4. The highest BCUT2D eigenvalue weighted by atomic mass is 79.9. The number of amides is 1. The lowest BCUT2D eigenvalue weighted by Crippen LogP contribution is -2.41. The molecule has 0 spiro atoms. The van der Waals surface area contributed by atoms with E-state index in [0.29, 0.717) is 23.2 Å². The minimum Gasteiger partial charge on any atom is -0.465 e. The maximum Gasteiger partial charge on any atom is 0.407 e. The molecule has 1 aromatic carbocycles. The summed E-state index contributed by atoms with van der Waals surface area (Å²) in [4.78, 5) is 12.1. The zero-order chi connectivity index (χ0) is 12.4. The molecule has 1 atom stereocenters. The van der Waals surface area contributed by atoms with Gasteiger partial charge in [0.25, 0.3) is 0 Å². The average Bonchev–Trinajstić information content (AvgIpc) is 2.33. The van der Waals surface area contributed by atoms with Gasteiger partial charge in [-0.25, -0.2) is 9.18 Å². The smallest absolute Gasteiger partial charge is 0.407 e. The van der Waals surface area contributed by atoms with Gasteiger partial charge in [0.1, 0.15) is 11.9 Å². The largest absolute Gasteiger partial charge is 0.465 e. The molecule has 6 heteroatoms. The van der Waals surface area contributed by atoms with Crippen molar-refractivity contribution in [1.29, 1.82) is 0 Å². The number of rotatable bonds is 1. The van der Waals surface area contributed by atoms with Crippen LogP contribution in [-0.4, -0.2) is 35.8 Å². The maximum atomic E-state index is 13.4.